The third-order valence-electron chi connectivity index (χ3n) is 2.60. The van der Waals surface area contributed by atoms with E-state index >= 15 is 0 Å². The van der Waals surface area contributed by atoms with Crippen LogP contribution in [0.15, 0.2) is 12.1 Å². The fourth-order valence-electron chi connectivity index (χ4n) is 1.70. The van der Waals surface area contributed by atoms with Crippen LogP contribution in [0.25, 0.3) is 0 Å². The first-order chi connectivity index (χ1) is 6.29. The van der Waals surface area contributed by atoms with Crippen molar-refractivity contribution in [2.75, 3.05) is 21.1 Å². The van der Waals surface area contributed by atoms with Crippen molar-refractivity contribution in [3.63, 3.8) is 0 Å². The highest BCUT2D eigenvalue weighted by atomic mass is 79.9. The molecule has 0 unspecified atom stereocenters. The zero-order valence-corrected chi connectivity index (χ0v) is 12.4. The summed E-state index contributed by atoms with van der Waals surface area (Å²) in [4.78, 5) is 0. The summed E-state index contributed by atoms with van der Waals surface area (Å²) in [7, 11) is 6.69. The highest BCUT2D eigenvalue weighted by molar-refractivity contribution is 8.93. The van der Waals surface area contributed by atoms with Crippen LogP contribution >= 0.6 is 17.0 Å². The molecule has 0 aliphatic rings. The first-order valence-electron chi connectivity index (χ1n) is 5.17. The third-order valence-corrected chi connectivity index (χ3v) is 2.60. The lowest BCUT2D eigenvalue weighted by Crippen LogP contribution is -2.33. The molecule has 0 N–H and O–H groups in total. The Balaban J connectivity index is 0.00000196. The average Bonchev–Trinajstić information content (AvgIpc) is 1.97. The fraction of sp³-hybridized carbons (Fsp3) is 0.538. The number of nitrogens with zero attached hydrogens (tertiary/aromatic N) is 1. The maximum absolute atomic E-state index is 2.33. The molecular formula is C13H23BrN+. The van der Waals surface area contributed by atoms with Gasteiger partial charge in [-0.3, -0.25) is 0 Å². The molecule has 15 heavy (non-hydrogen) atoms. The maximum Gasteiger partial charge on any atom is 0.104 e. The topological polar surface area (TPSA) is 0 Å². The van der Waals surface area contributed by atoms with Gasteiger partial charge in [0.25, 0.3) is 0 Å². The van der Waals surface area contributed by atoms with Crippen LogP contribution in [0.4, 0.5) is 0 Å². The van der Waals surface area contributed by atoms with Crippen LogP contribution in [0.1, 0.15) is 22.3 Å². The second kappa shape index (κ2) is 5.13. The molecule has 1 nitrogen and oxygen atoms in total. The smallest absolute Gasteiger partial charge is 0.104 e. The zero-order chi connectivity index (χ0) is 10.9. The van der Waals surface area contributed by atoms with E-state index in [2.05, 4.69) is 54.0 Å². The fourth-order valence-corrected chi connectivity index (χ4v) is 1.70. The van der Waals surface area contributed by atoms with Gasteiger partial charge in [0.2, 0.25) is 0 Å². The molecule has 86 valence electrons. The zero-order valence-electron chi connectivity index (χ0n) is 10.7. The monoisotopic (exact) mass is 272 g/mol. The summed E-state index contributed by atoms with van der Waals surface area (Å²) in [5, 5.41) is 0. The van der Waals surface area contributed by atoms with E-state index in [9.17, 15) is 0 Å². The second-order valence-corrected chi connectivity index (χ2v) is 5.31. The standard InChI is InChI=1S/C13H22N.BrH/c1-10-7-12(3)13(8-11(10)2)9-14(4,5)6;/h7-8H,9H2,1-6H3;1H/q+1;. The van der Waals surface area contributed by atoms with E-state index in [0.717, 1.165) is 11.0 Å². The van der Waals surface area contributed by atoms with Gasteiger partial charge in [-0.1, -0.05) is 6.07 Å². The quantitative estimate of drug-likeness (QED) is 0.724. The molecule has 0 amide bonds. The molecule has 0 heterocycles. The van der Waals surface area contributed by atoms with Crippen LogP contribution in [0.5, 0.6) is 0 Å². The lowest BCUT2D eigenvalue weighted by Gasteiger charge is -2.25. The van der Waals surface area contributed by atoms with Gasteiger partial charge >= 0.3 is 0 Å². The summed E-state index contributed by atoms with van der Waals surface area (Å²) >= 11 is 0. The van der Waals surface area contributed by atoms with Crippen LogP contribution in [0.3, 0.4) is 0 Å². The summed E-state index contributed by atoms with van der Waals surface area (Å²) < 4.78 is 0.989. The first-order valence-corrected chi connectivity index (χ1v) is 5.17. The Bertz CT molecular complexity index is 337. The highest BCUT2D eigenvalue weighted by Crippen LogP contribution is 2.17. The van der Waals surface area contributed by atoms with Gasteiger partial charge in [0.1, 0.15) is 6.54 Å². The molecule has 0 spiro atoms. The van der Waals surface area contributed by atoms with Crippen molar-refractivity contribution in [1.29, 1.82) is 0 Å². The number of quaternary nitrogens is 1. The Morgan fingerprint density at radius 3 is 1.80 bits per heavy atom. The molecule has 0 atom stereocenters. The Morgan fingerprint density at radius 1 is 0.867 bits per heavy atom. The predicted molar refractivity (Wildman–Crippen MR) is 72.7 cm³/mol. The Kier molecular flexibility index (Phi) is 5.01. The van der Waals surface area contributed by atoms with Crippen molar-refractivity contribution in [3.8, 4) is 0 Å². The van der Waals surface area contributed by atoms with Gasteiger partial charge in [-0.15, -0.1) is 17.0 Å². The van der Waals surface area contributed by atoms with E-state index in [-0.39, 0.29) is 17.0 Å². The van der Waals surface area contributed by atoms with Crippen LogP contribution in [0.2, 0.25) is 0 Å². The second-order valence-electron chi connectivity index (χ2n) is 5.31. The van der Waals surface area contributed by atoms with Gasteiger partial charge < -0.3 is 4.48 Å². The van der Waals surface area contributed by atoms with Gasteiger partial charge in [0.05, 0.1) is 21.1 Å². The van der Waals surface area contributed by atoms with Gasteiger partial charge in [0, 0.05) is 5.56 Å². The third kappa shape index (κ3) is 4.35. The number of benzene rings is 1. The van der Waals surface area contributed by atoms with Gasteiger partial charge in [0.15, 0.2) is 0 Å². The number of aryl methyl sites for hydroxylation is 3. The Labute approximate surface area is 104 Å². The van der Waals surface area contributed by atoms with Gasteiger partial charge in [-0.25, -0.2) is 0 Å². The van der Waals surface area contributed by atoms with Gasteiger partial charge in [-0.05, 0) is 43.5 Å². The molecule has 0 aliphatic carbocycles. The number of hydrogen-bond donors (Lipinski definition) is 0. The Hall–Kier alpha value is -0.340. The van der Waals surface area contributed by atoms with Gasteiger partial charge in [-0.2, -0.15) is 0 Å². The van der Waals surface area contributed by atoms with Crippen LogP contribution < -0.4 is 0 Å². The Morgan fingerprint density at radius 2 is 1.33 bits per heavy atom. The van der Waals surface area contributed by atoms with E-state index in [4.69, 9.17) is 0 Å². The molecule has 2 heteroatoms. The summed E-state index contributed by atoms with van der Waals surface area (Å²) in [6.45, 7) is 7.68. The van der Waals surface area contributed by atoms with E-state index in [1.165, 1.54) is 22.3 Å². The number of halogens is 1. The molecular weight excluding hydrogens is 250 g/mol. The molecule has 0 radical (unpaired) electrons. The molecule has 1 aromatic carbocycles. The minimum atomic E-state index is 0. The summed E-state index contributed by atoms with van der Waals surface area (Å²) in [5.41, 5.74) is 5.69. The lowest BCUT2D eigenvalue weighted by atomic mass is 10.0. The van der Waals surface area contributed by atoms with Crippen molar-refractivity contribution in [2.24, 2.45) is 0 Å². The van der Waals surface area contributed by atoms with Crippen molar-refractivity contribution >= 4 is 17.0 Å². The van der Waals surface area contributed by atoms with Crippen molar-refractivity contribution in [1.82, 2.24) is 0 Å². The van der Waals surface area contributed by atoms with Crippen LogP contribution in [-0.2, 0) is 6.54 Å². The van der Waals surface area contributed by atoms with E-state index in [1.54, 1.807) is 0 Å². The van der Waals surface area contributed by atoms with Crippen LogP contribution in [0, 0.1) is 20.8 Å². The van der Waals surface area contributed by atoms with E-state index < -0.39 is 0 Å². The van der Waals surface area contributed by atoms with Crippen LogP contribution in [-0.4, -0.2) is 25.6 Å². The molecule has 0 fully saturated rings. The maximum atomic E-state index is 2.33. The lowest BCUT2D eigenvalue weighted by molar-refractivity contribution is -0.884. The summed E-state index contributed by atoms with van der Waals surface area (Å²) in [6.07, 6.45) is 0. The number of rotatable bonds is 2. The first kappa shape index (κ1) is 14.7. The molecule has 1 aromatic rings. The predicted octanol–water partition coefficient (Wildman–Crippen LogP) is 3.40. The largest absolute Gasteiger partial charge is 0.327 e. The van der Waals surface area contributed by atoms with Crippen molar-refractivity contribution < 1.29 is 4.48 Å². The molecule has 0 aliphatic heterocycles. The minimum absolute atomic E-state index is 0. The number of hydrogen-bond acceptors (Lipinski definition) is 0. The van der Waals surface area contributed by atoms with Crippen molar-refractivity contribution in [3.05, 3.63) is 34.4 Å². The highest BCUT2D eigenvalue weighted by Gasteiger charge is 2.11. The molecule has 1 rings (SSSR count). The molecule has 0 aromatic heterocycles. The summed E-state index contributed by atoms with van der Waals surface area (Å²) in [5.74, 6) is 0. The SMILES string of the molecule is Br.Cc1cc(C)c(C[N+](C)(C)C)cc1C. The normalized spacial score (nSPS) is 11.1. The molecule has 0 bridgehead atoms. The minimum Gasteiger partial charge on any atom is -0.327 e. The summed E-state index contributed by atoms with van der Waals surface area (Å²) in [6, 6.07) is 4.62. The van der Waals surface area contributed by atoms with E-state index in [1.807, 2.05) is 0 Å². The molecule has 0 saturated heterocycles. The van der Waals surface area contributed by atoms with Crippen molar-refractivity contribution in [2.45, 2.75) is 27.3 Å². The van der Waals surface area contributed by atoms with E-state index in [0.29, 0.717) is 0 Å². The average molecular weight is 273 g/mol. The molecule has 0 saturated carbocycles.